The molecule has 124 valence electrons. The smallest absolute Gasteiger partial charge is 0.244 e. The van der Waals surface area contributed by atoms with E-state index in [0.29, 0.717) is 23.0 Å². The van der Waals surface area contributed by atoms with E-state index in [9.17, 15) is 5.26 Å². The molecule has 0 spiro atoms. The Hall–Kier alpha value is -2.66. The van der Waals surface area contributed by atoms with Gasteiger partial charge in [0.2, 0.25) is 11.8 Å². The molecule has 0 saturated carbocycles. The number of aryl methyl sites for hydroxylation is 1. The van der Waals surface area contributed by atoms with Crippen LogP contribution in [0, 0.1) is 18.3 Å². The van der Waals surface area contributed by atoms with Crippen LogP contribution in [0.25, 0.3) is 0 Å². The molecule has 0 radical (unpaired) electrons. The van der Waals surface area contributed by atoms with Crippen molar-refractivity contribution in [2.75, 3.05) is 14.2 Å². The highest BCUT2D eigenvalue weighted by molar-refractivity contribution is 9.10. The van der Waals surface area contributed by atoms with Crippen molar-refractivity contribution >= 4 is 15.9 Å². The van der Waals surface area contributed by atoms with Gasteiger partial charge in [0.1, 0.15) is 23.1 Å². The summed E-state index contributed by atoms with van der Waals surface area (Å²) in [7, 11) is 3.14. The summed E-state index contributed by atoms with van der Waals surface area (Å²) in [4.78, 5) is 0. The lowest BCUT2D eigenvalue weighted by Gasteiger charge is -2.25. The number of halogens is 1. The average Bonchev–Trinajstić information content (AvgIpc) is 2.94. The van der Waals surface area contributed by atoms with Crippen LogP contribution in [0.2, 0.25) is 0 Å². The molecule has 2 aromatic rings. The molecule has 24 heavy (non-hydrogen) atoms. The third-order valence-electron chi connectivity index (χ3n) is 3.94. The van der Waals surface area contributed by atoms with E-state index in [4.69, 9.17) is 19.9 Å². The molecule has 2 heterocycles. The molecule has 1 aromatic heterocycles. The Balaban J connectivity index is 2.29. The predicted molar refractivity (Wildman–Crippen MR) is 89.9 cm³/mol. The average molecular weight is 391 g/mol. The van der Waals surface area contributed by atoms with Crippen LogP contribution in [0.5, 0.6) is 17.4 Å². The number of ether oxygens (including phenoxy) is 3. The van der Waals surface area contributed by atoms with E-state index in [1.165, 1.54) is 0 Å². The van der Waals surface area contributed by atoms with Crippen LogP contribution in [0.1, 0.15) is 22.7 Å². The minimum absolute atomic E-state index is 0.0375. The van der Waals surface area contributed by atoms with Gasteiger partial charge in [-0.3, -0.25) is 5.10 Å². The van der Waals surface area contributed by atoms with Gasteiger partial charge in [0.25, 0.3) is 0 Å². The van der Waals surface area contributed by atoms with Gasteiger partial charge in [-0.05, 0) is 28.9 Å². The fourth-order valence-electron chi connectivity index (χ4n) is 2.82. The lowest BCUT2D eigenvalue weighted by atomic mass is 9.83. The van der Waals surface area contributed by atoms with Crippen LogP contribution < -0.4 is 19.9 Å². The van der Waals surface area contributed by atoms with Crippen molar-refractivity contribution in [3.63, 3.8) is 0 Å². The van der Waals surface area contributed by atoms with Gasteiger partial charge in [-0.25, -0.2) is 0 Å². The Morgan fingerprint density at radius 1 is 1.33 bits per heavy atom. The zero-order chi connectivity index (χ0) is 17.4. The molecular weight excluding hydrogens is 376 g/mol. The molecule has 0 bridgehead atoms. The molecule has 0 fully saturated rings. The largest absolute Gasteiger partial charge is 0.496 e. The zero-order valence-electron chi connectivity index (χ0n) is 13.3. The first-order chi connectivity index (χ1) is 11.5. The number of hydrogen-bond donors (Lipinski definition) is 2. The van der Waals surface area contributed by atoms with E-state index in [1.54, 1.807) is 20.3 Å². The zero-order valence-corrected chi connectivity index (χ0v) is 14.9. The maximum atomic E-state index is 9.61. The van der Waals surface area contributed by atoms with Gasteiger partial charge >= 0.3 is 0 Å². The fraction of sp³-hybridized carbons (Fsp3) is 0.250. The highest BCUT2D eigenvalue weighted by atomic mass is 79.9. The summed E-state index contributed by atoms with van der Waals surface area (Å²) in [6, 6.07) is 5.76. The number of nitrogens with one attached hydrogen (secondary N) is 1. The molecule has 1 aliphatic heterocycles. The van der Waals surface area contributed by atoms with E-state index in [2.05, 4.69) is 32.2 Å². The fourth-order valence-corrected chi connectivity index (χ4v) is 3.34. The van der Waals surface area contributed by atoms with E-state index < -0.39 is 5.92 Å². The first-order valence-corrected chi connectivity index (χ1v) is 7.85. The van der Waals surface area contributed by atoms with Crippen LogP contribution in [0.15, 0.2) is 28.1 Å². The SMILES string of the molecule is COc1cc(OC)c(C2C(C#N)=C(N)Oc3n[nH]c(C)c32)cc1Br. The van der Waals surface area contributed by atoms with Gasteiger partial charge in [-0.15, -0.1) is 5.10 Å². The topological polar surface area (TPSA) is 106 Å². The number of allylic oxidation sites excluding steroid dienone is 1. The minimum atomic E-state index is -0.449. The summed E-state index contributed by atoms with van der Waals surface area (Å²) in [6.45, 7) is 1.86. The number of hydrogen-bond acceptors (Lipinski definition) is 6. The van der Waals surface area contributed by atoms with Crippen LogP contribution in [-0.4, -0.2) is 24.4 Å². The second kappa shape index (κ2) is 6.09. The van der Waals surface area contributed by atoms with E-state index in [0.717, 1.165) is 21.3 Å². The lowest BCUT2D eigenvalue weighted by molar-refractivity contribution is 0.372. The number of methoxy groups -OCH3 is 2. The summed E-state index contributed by atoms with van der Waals surface area (Å²) in [5.74, 6) is 1.16. The number of aromatic nitrogens is 2. The van der Waals surface area contributed by atoms with Crippen molar-refractivity contribution in [1.29, 1.82) is 5.26 Å². The highest BCUT2D eigenvalue weighted by Crippen LogP contribution is 2.47. The third-order valence-corrected chi connectivity index (χ3v) is 4.56. The number of nitrogens with zero attached hydrogens (tertiary/aromatic N) is 2. The number of rotatable bonds is 3. The molecule has 1 atom stereocenters. The van der Waals surface area contributed by atoms with Gasteiger partial charge in [0, 0.05) is 22.9 Å². The van der Waals surface area contributed by atoms with Crippen LogP contribution in [0.4, 0.5) is 0 Å². The van der Waals surface area contributed by atoms with Gasteiger partial charge in [0.15, 0.2) is 0 Å². The quantitative estimate of drug-likeness (QED) is 0.834. The summed E-state index contributed by atoms with van der Waals surface area (Å²) < 4.78 is 17.0. The number of aromatic amines is 1. The third kappa shape index (κ3) is 2.37. The molecule has 0 saturated heterocycles. The van der Waals surface area contributed by atoms with Crippen LogP contribution >= 0.6 is 15.9 Å². The molecule has 8 heteroatoms. The standard InChI is InChI=1S/C16H15BrN4O3/c1-7-13-14(9(6-18)15(19)24-16(13)21-20-7)8-4-10(17)12(23-3)5-11(8)22-2/h4-5,14H,19H2,1-3H3,(H,20,21). The highest BCUT2D eigenvalue weighted by Gasteiger charge is 2.36. The molecular formula is C16H15BrN4O3. The molecule has 1 aliphatic rings. The van der Waals surface area contributed by atoms with E-state index >= 15 is 0 Å². The Morgan fingerprint density at radius 2 is 2.04 bits per heavy atom. The molecule has 7 nitrogen and oxygen atoms in total. The van der Waals surface area contributed by atoms with E-state index in [-0.39, 0.29) is 5.88 Å². The van der Waals surface area contributed by atoms with Crippen molar-refractivity contribution in [3.05, 3.63) is 44.9 Å². The monoisotopic (exact) mass is 390 g/mol. The molecule has 3 N–H and O–H groups in total. The first kappa shape index (κ1) is 16.2. The number of H-pyrrole nitrogens is 1. The number of fused-ring (bicyclic) bond motifs is 1. The second-order valence-corrected chi connectivity index (χ2v) is 6.08. The Bertz CT molecular complexity index is 882. The maximum absolute atomic E-state index is 9.61. The number of nitrogens with two attached hydrogens (primary N) is 1. The molecule has 3 rings (SSSR count). The number of benzene rings is 1. The van der Waals surface area contributed by atoms with Crippen molar-refractivity contribution in [1.82, 2.24) is 10.2 Å². The Labute approximate surface area is 147 Å². The normalized spacial score (nSPS) is 16.2. The van der Waals surface area contributed by atoms with E-state index in [1.807, 2.05) is 13.0 Å². The molecule has 1 unspecified atom stereocenters. The van der Waals surface area contributed by atoms with Gasteiger partial charge < -0.3 is 19.9 Å². The predicted octanol–water partition coefficient (Wildman–Crippen LogP) is 2.72. The van der Waals surface area contributed by atoms with Crippen molar-refractivity contribution in [2.24, 2.45) is 5.73 Å². The first-order valence-electron chi connectivity index (χ1n) is 7.05. The van der Waals surface area contributed by atoms with Crippen LogP contribution in [-0.2, 0) is 0 Å². The summed E-state index contributed by atoms with van der Waals surface area (Å²) in [5, 5.41) is 16.6. The Kier molecular flexibility index (Phi) is 4.11. The Morgan fingerprint density at radius 3 is 2.67 bits per heavy atom. The second-order valence-electron chi connectivity index (χ2n) is 5.22. The summed E-state index contributed by atoms with van der Waals surface area (Å²) in [6.07, 6.45) is 0. The van der Waals surface area contributed by atoms with Gasteiger partial charge in [-0.2, -0.15) is 5.26 Å². The van der Waals surface area contributed by atoms with Gasteiger partial charge in [-0.1, -0.05) is 0 Å². The van der Waals surface area contributed by atoms with Gasteiger partial charge in [0.05, 0.1) is 24.6 Å². The maximum Gasteiger partial charge on any atom is 0.244 e. The molecule has 0 amide bonds. The van der Waals surface area contributed by atoms with Crippen molar-refractivity contribution in [3.8, 4) is 23.4 Å². The van der Waals surface area contributed by atoms with Crippen LogP contribution in [0.3, 0.4) is 0 Å². The number of nitriles is 1. The molecule has 0 aliphatic carbocycles. The molecule has 1 aromatic carbocycles. The lowest BCUT2D eigenvalue weighted by Crippen LogP contribution is -2.21. The summed E-state index contributed by atoms with van der Waals surface area (Å²) in [5.41, 5.74) is 8.56. The minimum Gasteiger partial charge on any atom is -0.496 e. The van der Waals surface area contributed by atoms with Crippen molar-refractivity contribution < 1.29 is 14.2 Å². The summed E-state index contributed by atoms with van der Waals surface area (Å²) >= 11 is 3.48. The van der Waals surface area contributed by atoms with Crippen molar-refractivity contribution in [2.45, 2.75) is 12.8 Å².